The van der Waals surface area contributed by atoms with Gasteiger partial charge in [0.05, 0.1) is 11.2 Å². The molecule has 2 unspecified atom stereocenters. The number of aromatic nitrogens is 1. The maximum Gasteiger partial charge on any atom is 0.212 e. The summed E-state index contributed by atoms with van der Waals surface area (Å²) in [6.07, 6.45) is 2.42. The zero-order valence-corrected chi connectivity index (χ0v) is 11.3. The van der Waals surface area contributed by atoms with Gasteiger partial charge in [0, 0.05) is 30.4 Å². The summed E-state index contributed by atoms with van der Waals surface area (Å²) in [5.41, 5.74) is 12.1. The summed E-state index contributed by atoms with van der Waals surface area (Å²) in [4.78, 5) is 20.3. The number of nitrogens with two attached hydrogens (primary N) is 2. The van der Waals surface area contributed by atoms with Gasteiger partial charge in [-0.25, -0.2) is 4.98 Å². The molecule has 5 nitrogen and oxygen atoms in total. The molecule has 0 radical (unpaired) electrons. The first-order valence-electron chi connectivity index (χ1n) is 6.27. The van der Waals surface area contributed by atoms with Crippen LogP contribution in [0.15, 0.2) is 0 Å². The summed E-state index contributed by atoms with van der Waals surface area (Å²) in [6.45, 7) is 1.88. The lowest BCUT2D eigenvalue weighted by Gasteiger charge is -2.42. The maximum atomic E-state index is 12.4. The molecule has 1 aromatic rings. The molecule has 4 N–H and O–H groups in total. The van der Waals surface area contributed by atoms with Crippen molar-refractivity contribution in [2.24, 2.45) is 11.5 Å². The van der Waals surface area contributed by atoms with Crippen LogP contribution in [0.1, 0.15) is 33.2 Å². The molecule has 6 heteroatoms. The van der Waals surface area contributed by atoms with Gasteiger partial charge in [-0.05, 0) is 19.9 Å². The van der Waals surface area contributed by atoms with Gasteiger partial charge in [-0.15, -0.1) is 11.3 Å². The number of likely N-dealkylation sites (N-methyl/N-ethyl adjacent to an activating group) is 1. The molecule has 1 aromatic heterocycles. The first-order valence-corrected chi connectivity index (χ1v) is 7.09. The van der Waals surface area contributed by atoms with E-state index in [0.717, 1.165) is 31.6 Å². The summed E-state index contributed by atoms with van der Waals surface area (Å²) < 4.78 is 0. The van der Waals surface area contributed by atoms with E-state index in [1.807, 2.05) is 0 Å². The van der Waals surface area contributed by atoms with Crippen LogP contribution < -0.4 is 11.5 Å². The summed E-state index contributed by atoms with van der Waals surface area (Å²) in [7, 11) is 2.08. The molecule has 98 valence electrons. The summed E-state index contributed by atoms with van der Waals surface area (Å²) >= 11 is 1.49. The third-order valence-electron chi connectivity index (χ3n) is 4.07. The summed E-state index contributed by atoms with van der Waals surface area (Å²) in [5, 5.41) is 0.549. The lowest BCUT2D eigenvalue weighted by molar-refractivity contribution is 0.0756. The average Bonchev–Trinajstić information content (AvgIpc) is 2.77. The minimum atomic E-state index is -0.869. The number of carbonyl (C=O) groups is 1. The molecule has 0 amide bonds. The van der Waals surface area contributed by atoms with Crippen LogP contribution in [-0.4, -0.2) is 40.8 Å². The van der Waals surface area contributed by atoms with Gasteiger partial charge in [0.15, 0.2) is 5.01 Å². The van der Waals surface area contributed by atoms with Gasteiger partial charge in [-0.2, -0.15) is 0 Å². The van der Waals surface area contributed by atoms with Gasteiger partial charge in [0.2, 0.25) is 5.78 Å². The third kappa shape index (κ3) is 1.72. The lowest BCUT2D eigenvalue weighted by atomic mass is 9.70. The van der Waals surface area contributed by atoms with E-state index in [4.69, 9.17) is 11.5 Å². The van der Waals surface area contributed by atoms with Crippen LogP contribution in [0.5, 0.6) is 0 Å². The number of nitrogens with zero attached hydrogens (tertiary/aromatic N) is 2. The molecule has 2 heterocycles. The fourth-order valence-corrected chi connectivity index (χ4v) is 3.75. The van der Waals surface area contributed by atoms with Gasteiger partial charge in [0.25, 0.3) is 0 Å². The predicted molar refractivity (Wildman–Crippen MR) is 70.6 cm³/mol. The topological polar surface area (TPSA) is 85.2 Å². The molecule has 1 fully saturated rings. The second kappa shape index (κ2) is 4.09. The van der Waals surface area contributed by atoms with E-state index in [9.17, 15) is 4.79 Å². The largest absolute Gasteiger partial charge is 0.326 e. The second-order valence-corrected chi connectivity index (χ2v) is 6.47. The molecule has 2 aliphatic rings. The van der Waals surface area contributed by atoms with Crippen molar-refractivity contribution >= 4 is 17.1 Å². The highest BCUT2D eigenvalue weighted by atomic mass is 32.1. The zero-order chi connectivity index (χ0) is 12.9. The Morgan fingerprint density at radius 3 is 3.00 bits per heavy atom. The van der Waals surface area contributed by atoms with Crippen LogP contribution >= 0.6 is 11.3 Å². The van der Waals surface area contributed by atoms with Crippen LogP contribution in [0.3, 0.4) is 0 Å². The summed E-state index contributed by atoms with van der Waals surface area (Å²) in [6, 6.07) is -0.214. The number of ketones is 1. The van der Waals surface area contributed by atoms with Gasteiger partial charge >= 0.3 is 0 Å². The van der Waals surface area contributed by atoms with Crippen molar-refractivity contribution in [3.8, 4) is 0 Å². The number of hydrogen-bond donors (Lipinski definition) is 2. The number of hydrogen-bond acceptors (Lipinski definition) is 6. The molecule has 0 spiro atoms. The standard InChI is InChI=1S/C12H18N4OS/c1-16-5-3-7-8(6-16)18-11(15-7)10(17)12(14)4-2-9(12)13/h9H,2-6,13-14H2,1H3. The summed E-state index contributed by atoms with van der Waals surface area (Å²) in [5.74, 6) is -0.0664. The Balaban J connectivity index is 1.87. The van der Waals surface area contributed by atoms with Gasteiger partial charge in [-0.1, -0.05) is 0 Å². The highest BCUT2D eigenvalue weighted by Crippen LogP contribution is 2.34. The quantitative estimate of drug-likeness (QED) is 0.743. The number of thiazole rings is 1. The van der Waals surface area contributed by atoms with E-state index in [0.29, 0.717) is 11.4 Å². The van der Waals surface area contributed by atoms with Crippen molar-refractivity contribution < 1.29 is 4.79 Å². The van der Waals surface area contributed by atoms with Crippen molar-refractivity contribution in [2.45, 2.75) is 37.4 Å². The fourth-order valence-electron chi connectivity index (χ4n) is 2.52. The molecule has 3 rings (SSSR count). The number of Topliss-reactive ketones (excluding diaryl/α,β-unsaturated/α-hetero) is 1. The van der Waals surface area contributed by atoms with Crippen LogP contribution in [0.2, 0.25) is 0 Å². The number of fused-ring (bicyclic) bond motifs is 1. The van der Waals surface area contributed by atoms with Gasteiger partial charge in [-0.3, -0.25) is 4.79 Å². The zero-order valence-electron chi connectivity index (χ0n) is 10.5. The molecule has 0 saturated heterocycles. The highest BCUT2D eigenvalue weighted by molar-refractivity contribution is 7.13. The number of rotatable bonds is 2. The van der Waals surface area contributed by atoms with Crippen LogP contribution in [0.4, 0.5) is 0 Å². The van der Waals surface area contributed by atoms with E-state index in [2.05, 4.69) is 16.9 Å². The van der Waals surface area contributed by atoms with Crippen molar-refractivity contribution in [2.75, 3.05) is 13.6 Å². The average molecular weight is 266 g/mol. The van der Waals surface area contributed by atoms with Crippen LogP contribution in [-0.2, 0) is 13.0 Å². The van der Waals surface area contributed by atoms with Crippen molar-refractivity contribution in [1.29, 1.82) is 0 Å². The molecule has 1 aliphatic heterocycles. The molecular formula is C12H18N4OS. The predicted octanol–water partition coefficient (Wildman–Crippen LogP) is 0.132. The molecule has 1 saturated carbocycles. The minimum absolute atomic E-state index is 0.0664. The second-order valence-electron chi connectivity index (χ2n) is 5.39. The Morgan fingerprint density at radius 1 is 1.61 bits per heavy atom. The lowest BCUT2D eigenvalue weighted by Crippen LogP contribution is -2.67. The van der Waals surface area contributed by atoms with Crippen molar-refractivity contribution in [3.63, 3.8) is 0 Å². The maximum absolute atomic E-state index is 12.4. The monoisotopic (exact) mass is 266 g/mol. The first kappa shape index (κ1) is 12.2. The van der Waals surface area contributed by atoms with E-state index >= 15 is 0 Å². The van der Waals surface area contributed by atoms with Gasteiger partial charge in [0.1, 0.15) is 0 Å². The molecule has 2 atom stereocenters. The SMILES string of the molecule is CN1CCc2nc(C(=O)C3(N)CCC3N)sc2C1. The Hall–Kier alpha value is -0.820. The van der Waals surface area contributed by atoms with Crippen LogP contribution in [0, 0.1) is 0 Å². The first-order chi connectivity index (χ1) is 8.50. The van der Waals surface area contributed by atoms with E-state index in [1.165, 1.54) is 16.2 Å². The Labute approximate surface area is 110 Å². The van der Waals surface area contributed by atoms with E-state index in [1.54, 1.807) is 0 Å². The molecule has 18 heavy (non-hydrogen) atoms. The minimum Gasteiger partial charge on any atom is -0.326 e. The smallest absolute Gasteiger partial charge is 0.212 e. The van der Waals surface area contributed by atoms with Crippen LogP contribution in [0.25, 0.3) is 0 Å². The fraction of sp³-hybridized carbons (Fsp3) is 0.667. The highest BCUT2D eigenvalue weighted by Gasteiger charge is 2.49. The Morgan fingerprint density at radius 2 is 2.39 bits per heavy atom. The Bertz CT molecular complexity index is 500. The van der Waals surface area contributed by atoms with E-state index < -0.39 is 5.54 Å². The van der Waals surface area contributed by atoms with Crippen molar-refractivity contribution in [3.05, 3.63) is 15.6 Å². The molecule has 0 aromatic carbocycles. The number of carbonyl (C=O) groups excluding carboxylic acids is 1. The molecule has 1 aliphatic carbocycles. The molecular weight excluding hydrogens is 248 g/mol. The normalized spacial score (nSPS) is 31.8. The van der Waals surface area contributed by atoms with E-state index in [-0.39, 0.29) is 11.8 Å². The third-order valence-corrected chi connectivity index (χ3v) is 5.15. The Kier molecular flexibility index (Phi) is 2.78. The van der Waals surface area contributed by atoms with Crippen molar-refractivity contribution in [1.82, 2.24) is 9.88 Å². The van der Waals surface area contributed by atoms with Gasteiger partial charge < -0.3 is 16.4 Å². The molecule has 0 bridgehead atoms.